The van der Waals surface area contributed by atoms with Gasteiger partial charge < -0.3 is 9.47 Å². The van der Waals surface area contributed by atoms with E-state index in [0.29, 0.717) is 19.8 Å². The molecule has 2 atom stereocenters. The predicted octanol–water partition coefficient (Wildman–Crippen LogP) is 1.25. The summed E-state index contributed by atoms with van der Waals surface area (Å²) in [5.41, 5.74) is 2.13. The highest BCUT2D eigenvalue weighted by atomic mass is 16.6. The highest BCUT2D eigenvalue weighted by Crippen LogP contribution is 2.50. The van der Waals surface area contributed by atoms with E-state index in [9.17, 15) is 4.79 Å². The fraction of sp³-hybridized carbons (Fsp3) is 0.417. The number of rotatable bonds is 0. The summed E-state index contributed by atoms with van der Waals surface area (Å²) in [6, 6.07) is 8.24. The number of cyclic esters (lactones) is 1. The van der Waals surface area contributed by atoms with Gasteiger partial charge in [0.2, 0.25) is 0 Å². The molecule has 16 heavy (non-hydrogen) atoms. The van der Waals surface area contributed by atoms with E-state index in [1.807, 2.05) is 12.1 Å². The highest BCUT2D eigenvalue weighted by molar-refractivity contribution is 5.71. The van der Waals surface area contributed by atoms with Gasteiger partial charge in [0.1, 0.15) is 18.2 Å². The Morgan fingerprint density at radius 1 is 1.38 bits per heavy atom. The molecule has 3 aliphatic heterocycles. The van der Waals surface area contributed by atoms with Gasteiger partial charge in [-0.1, -0.05) is 24.3 Å². The molecule has 4 nitrogen and oxygen atoms in total. The van der Waals surface area contributed by atoms with Gasteiger partial charge in [-0.05, 0) is 11.1 Å². The zero-order chi connectivity index (χ0) is 10.8. The summed E-state index contributed by atoms with van der Waals surface area (Å²) < 4.78 is 10.8. The van der Waals surface area contributed by atoms with Crippen molar-refractivity contribution in [2.24, 2.45) is 0 Å². The van der Waals surface area contributed by atoms with Gasteiger partial charge in [-0.15, -0.1) is 0 Å². The summed E-state index contributed by atoms with van der Waals surface area (Å²) in [7, 11) is 0. The molecule has 3 aliphatic rings. The van der Waals surface area contributed by atoms with Gasteiger partial charge in [-0.25, -0.2) is 4.79 Å². The maximum Gasteiger partial charge on any atom is 0.410 e. The number of ether oxygens (including phenoxy) is 2. The lowest BCUT2D eigenvalue weighted by atomic mass is 9.84. The van der Waals surface area contributed by atoms with Crippen LogP contribution in [0.15, 0.2) is 24.3 Å². The summed E-state index contributed by atoms with van der Waals surface area (Å²) in [5, 5.41) is 0. The number of carbonyl (C=O) groups is 1. The van der Waals surface area contributed by atoms with Crippen LogP contribution in [-0.4, -0.2) is 30.2 Å². The van der Waals surface area contributed by atoms with Crippen molar-refractivity contribution in [3.05, 3.63) is 35.4 Å². The van der Waals surface area contributed by atoms with E-state index in [1.54, 1.807) is 4.90 Å². The Morgan fingerprint density at radius 3 is 3.00 bits per heavy atom. The number of amides is 1. The predicted molar refractivity (Wildman–Crippen MR) is 54.8 cm³/mol. The second kappa shape index (κ2) is 2.58. The normalized spacial score (nSPS) is 34.6. The first-order valence-corrected chi connectivity index (χ1v) is 5.47. The Balaban J connectivity index is 1.89. The van der Waals surface area contributed by atoms with E-state index in [0.717, 1.165) is 0 Å². The topological polar surface area (TPSA) is 42.1 Å². The quantitative estimate of drug-likeness (QED) is 0.614. The Kier molecular flexibility index (Phi) is 1.38. The molecule has 2 fully saturated rings. The average molecular weight is 217 g/mol. The summed E-state index contributed by atoms with van der Waals surface area (Å²) in [4.78, 5) is 13.4. The standard InChI is InChI=1S/C12H11NO3/c14-11-13-5-8-3-1-2-4-9(8)12(7-16-12)10(13)6-15-11/h1-4,10H,5-7H2. The van der Waals surface area contributed by atoms with Crippen LogP contribution in [0.25, 0.3) is 0 Å². The molecule has 0 N–H and O–H groups in total. The third kappa shape index (κ3) is 0.865. The first-order valence-electron chi connectivity index (χ1n) is 5.47. The summed E-state index contributed by atoms with van der Waals surface area (Å²) >= 11 is 0. The van der Waals surface area contributed by atoms with Crippen molar-refractivity contribution in [3.8, 4) is 0 Å². The fourth-order valence-corrected chi connectivity index (χ4v) is 2.87. The van der Waals surface area contributed by atoms with Gasteiger partial charge in [0, 0.05) is 6.54 Å². The molecule has 0 radical (unpaired) electrons. The molecule has 0 aromatic heterocycles. The molecule has 0 aliphatic carbocycles. The number of epoxide rings is 1. The molecule has 82 valence electrons. The molecule has 4 rings (SSSR count). The number of carbonyl (C=O) groups excluding carboxylic acids is 1. The van der Waals surface area contributed by atoms with Gasteiger partial charge in [0.25, 0.3) is 0 Å². The van der Waals surface area contributed by atoms with E-state index in [1.165, 1.54) is 11.1 Å². The zero-order valence-electron chi connectivity index (χ0n) is 8.68. The summed E-state index contributed by atoms with van der Waals surface area (Å²) in [5.74, 6) is 0. The molecule has 1 amide bonds. The average Bonchev–Trinajstić information content (AvgIpc) is 3.01. The molecule has 1 aromatic rings. The Bertz CT molecular complexity index is 481. The van der Waals surface area contributed by atoms with Crippen molar-refractivity contribution in [1.29, 1.82) is 0 Å². The van der Waals surface area contributed by atoms with Crippen molar-refractivity contribution in [1.82, 2.24) is 4.90 Å². The number of benzene rings is 1. The van der Waals surface area contributed by atoms with Gasteiger partial charge in [0.05, 0.1) is 6.61 Å². The Hall–Kier alpha value is -1.55. The summed E-state index contributed by atoms with van der Waals surface area (Å²) in [6.45, 7) is 1.79. The largest absolute Gasteiger partial charge is 0.447 e. The van der Waals surface area contributed by atoms with Gasteiger partial charge in [-0.2, -0.15) is 0 Å². The van der Waals surface area contributed by atoms with Crippen molar-refractivity contribution in [2.45, 2.75) is 18.2 Å². The zero-order valence-corrected chi connectivity index (χ0v) is 8.68. The van der Waals surface area contributed by atoms with Gasteiger partial charge in [0.15, 0.2) is 0 Å². The monoisotopic (exact) mass is 217 g/mol. The van der Waals surface area contributed by atoms with Crippen LogP contribution >= 0.6 is 0 Å². The number of fused-ring (bicyclic) bond motifs is 4. The van der Waals surface area contributed by atoms with Crippen LogP contribution in [0.5, 0.6) is 0 Å². The van der Waals surface area contributed by atoms with Crippen LogP contribution < -0.4 is 0 Å². The third-order valence-electron chi connectivity index (χ3n) is 3.78. The molecular weight excluding hydrogens is 206 g/mol. The molecule has 0 saturated carbocycles. The molecule has 2 saturated heterocycles. The molecule has 1 aromatic carbocycles. The van der Waals surface area contributed by atoms with E-state index >= 15 is 0 Å². The maximum atomic E-state index is 11.6. The number of hydrogen-bond donors (Lipinski definition) is 0. The van der Waals surface area contributed by atoms with Crippen LogP contribution in [0.1, 0.15) is 11.1 Å². The smallest absolute Gasteiger partial charge is 0.410 e. The second-order valence-electron chi connectivity index (χ2n) is 4.56. The fourth-order valence-electron chi connectivity index (χ4n) is 2.87. The highest BCUT2D eigenvalue weighted by Gasteiger charge is 2.62. The molecular formula is C12H11NO3. The molecule has 3 heterocycles. The Morgan fingerprint density at radius 2 is 2.19 bits per heavy atom. The van der Waals surface area contributed by atoms with Crippen molar-refractivity contribution in [3.63, 3.8) is 0 Å². The van der Waals surface area contributed by atoms with E-state index in [4.69, 9.17) is 9.47 Å². The van der Waals surface area contributed by atoms with E-state index < -0.39 is 0 Å². The van der Waals surface area contributed by atoms with Crippen molar-refractivity contribution < 1.29 is 14.3 Å². The molecule has 2 unspecified atom stereocenters. The number of hydrogen-bond acceptors (Lipinski definition) is 3. The van der Waals surface area contributed by atoms with Crippen LogP contribution in [0.2, 0.25) is 0 Å². The molecule has 4 heteroatoms. The lowest BCUT2D eigenvalue weighted by Gasteiger charge is -2.33. The van der Waals surface area contributed by atoms with Crippen LogP contribution in [0, 0.1) is 0 Å². The van der Waals surface area contributed by atoms with Gasteiger partial charge >= 0.3 is 6.09 Å². The van der Waals surface area contributed by atoms with Crippen LogP contribution in [0.4, 0.5) is 4.79 Å². The van der Waals surface area contributed by atoms with Crippen LogP contribution in [0.3, 0.4) is 0 Å². The van der Waals surface area contributed by atoms with E-state index in [2.05, 4.69) is 12.1 Å². The Labute approximate surface area is 92.8 Å². The summed E-state index contributed by atoms with van der Waals surface area (Å²) in [6.07, 6.45) is -0.214. The lowest BCUT2D eigenvalue weighted by Crippen LogP contribution is -2.47. The SMILES string of the molecule is O=C1OCC2N1Cc1ccccc1C21CO1. The molecule has 0 bridgehead atoms. The lowest BCUT2D eigenvalue weighted by molar-refractivity contribution is 0.133. The molecule has 1 spiro atoms. The minimum absolute atomic E-state index is 0.0647. The van der Waals surface area contributed by atoms with Crippen molar-refractivity contribution >= 4 is 6.09 Å². The first kappa shape index (κ1) is 8.58. The second-order valence-corrected chi connectivity index (χ2v) is 4.56. The van der Waals surface area contributed by atoms with Crippen molar-refractivity contribution in [2.75, 3.05) is 13.2 Å². The third-order valence-corrected chi connectivity index (χ3v) is 3.78. The van der Waals surface area contributed by atoms with Gasteiger partial charge in [-0.3, -0.25) is 4.90 Å². The van der Waals surface area contributed by atoms with Crippen LogP contribution in [-0.2, 0) is 21.6 Å². The van der Waals surface area contributed by atoms with E-state index in [-0.39, 0.29) is 17.7 Å². The maximum absolute atomic E-state index is 11.6. The number of nitrogens with zero attached hydrogens (tertiary/aromatic N) is 1. The minimum Gasteiger partial charge on any atom is -0.447 e. The first-order chi connectivity index (χ1) is 7.81. The minimum atomic E-state index is -0.277.